The molecule has 0 fully saturated rings. The van der Waals surface area contributed by atoms with Crippen molar-refractivity contribution in [2.45, 2.75) is 12.1 Å². The van der Waals surface area contributed by atoms with Gasteiger partial charge in [-0.1, -0.05) is 36.4 Å². The lowest BCUT2D eigenvalue weighted by atomic mass is 9.98. The van der Waals surface area contributed by atoms with Gasteiger partial charge in [0.1, 0.15) is 6.04 Å². The van der Waals surface area contributed by atoms with Crippen LogP contribution in [0.1, 0.15) is 22.0 Å². The van der Waals surface area contributed by atoms with Gasteiger partial charge in [-0.3, -0.25) is 9.59 Å². The Morgan fingerprint density at radius 1 is 1.14 bits per heavy atom. The maximum Gasteiger partial charge on any atom is 0.324 e. The van der Waals surface area contributed by atoms with Crippen LogP contribution in [-0.2, 0) is 4.79 Å². The molecule has 0 spiro atoms. The normalized spacial score (nSPS) is 17.0. The molecule has 0 saturated heterocycles. The Hall–Kier alpha value is -3.13. The molecule has 3 rings (SSSR count). The summed E-state index contributed by atoms with van der Waals surface area (Å²) < 4.78 is 0. The second-order valence-electron chi connectivity index (χ2n) is 4.97. The van der Waals surface area contributed by atoms with Gasteiger partial charge in [-0.2, -0.15) is 0 Å². The number of hydrogen-bond donors (Lipinski definition) is 2. The van der Waals surface area contributed by atoms with Gasteiger partial charge in [0.05, 0.1) is 0 Å². The van der Waals surface area contributed by atoms with E-state index in [4.69, 9.17) is 6.57 Å². The SMILES string of the molecule is [C-]#[N+]C(C(=O)Nc1ccccc1)C1NC(=O)c2ccccc21. The molecule has 22 heavy (non-hydrogen) atoms. The third kappa shape index (κ3) is 2.42. The molecule has 2 unspecified atom stereocenters. The van der Waals surface area contributed by atoms with Crippen LogP contribution >= 0.6 is 0 Å². The first-order valence-corrected chi connectivity index (χ1v) is 6.83. The van der Waals surface area contributed by atoms with Crippen LogP contribution in [0.25, 0.3) is 4.85 Å². The Balaban J connectivity index is 1.85. The monoisotopic (exact) mass is 291 g/mol. The van der Waals surface area contributed by atoms with Crippen molar-refractivity contribution in [2.75, 3.05) is 5.32 Å². The van der Waals surface area contributed by atoms with Gasteiger partial charge in [0.25, 0.3) is 5.91 Å². The fourth-order valence-electron chi connectivity index (χ4n) is 2.54. The van der Waals surface area contributed by atoms with Crippen molar-refractivity contribution in [1.29, 1.82) is 0 Å². The molecule has 5 nitrogen and oxygen atoms in total. The number of fused-ring (bicyclic) bond motifs is 1. The Morgan fingerprint density at radius 3 is 2.55 bits per heavy atom. The number of para-hydroxylation sites is 1. The highest BCUT2D eigenvalue weighted by atomic mass is 16.2. The van der Waals surface area contributed by atoms with Gasteiger partial charge < -0.3 is 15.5 Å². The minimum atomic E-state index is -1.01. The average molecular weight is 291 g/mol. The molecule has 0 bridgehead atoms. The van der Waals surface area contributed by atoms with E-state index < -0.39 is 18.0 Å². The molecule has 2 aromatic carbocycles. The Kier molecular flexibility index (Phi) is 3.58. The highest BCUT2D eigenvalue weighted by Crippen LogP contribution is 2.29. The van der Waals surface area contributed by atoms with Crippen molar-refractivity contribution in [3.8, 4) is 0 Å². The third-order valence-corrected chi connectivity index (χ3v) is 3.59. The minimum Gasteiger partial charge on any atom is -0.337 e. The number of benzene rings is 2. The zero-order valence-electron chi connectivity index (χ0n) is 11.6. The van der Waals surface area contributed by atoms with Crippen molar-refractivity contribution in [2.24, 2.45) is 0 Å². The molecule has 108 valence electrons. The number of amides is 2. The van der Waals surface area contributed by atoms with E-state index in [9.17, 15) is 9.59 Å². The first kappa shape index (κ1) is 13.8. The van der Waals surface area contributed by atoms with E-state index in [1.165, 1.54) is 0 Å². The number of carbonyl (C=O) groups is 2. The van der Waals surface area contributed by atoms with Crippen molar-refractivity contribution in [3.63, 3.8) is 0 Å². The van der Waals surface area contributed by atoms with Crippen LogP contribution in [0.4, 0.5) is 5.69 Å². The predicted molar refractivity (Wildman–Crippen MR) is 82.1 cm³/mol. The number of rotatable bonds is 3. The molecule has 0 radical (unpaired) electrons. The maximum atomic E-state index is 12.4. The molecule has 2 amide bonds. The largest absolute Gasteiger partial charge is 0.337 e. The van der Waals surface area contributed by atoms with E-state index in [-0.39, 0.29) is 5.91 Å². The lowest BCUT2D eigenvalue weighted by molar-refractivity contribution is -0.117. The van der Waals surface area contributed by atoms with Crippen LogP contribution in [0.15, 0.2) is 54.6 Å². The smallest absolute Gasteiger partial charge is 0.324 e. The summed E-state index contributed by atoms with van der Waals surface area (Å²) in [6, 6.07) is 14.3. The standard InChI is InChI=1S/C17H13N3O2/c1-18-15(17(22)19-11-7-3-2-4-8-11)14-12-9-5-6-10-13(12)16(21)20-14/h2-10,14-15H,(H,19,22)(H,20,21). The van der Waals surface area contributed by atoms with Crippen molar-refractivity contribution < 1.29 is 9.59 Å². The summed E-state index contributed by atoms with van der Waals surface area (Å²) in [6.07, 6.45) is 0. The first-order chi connectivity index (χ1) is 10.7. The Labute approximate surface area is 127 Å². The van der Waals surface area contributed by atoms with Crippen LogP contribution in [0.2, 0.25) is 0 Å². The fraction of sp³-hybridized carbons (Fsp3) is 0.118. The number of carbonyl (C=O) groups excluding carboxylic acids is 2. The van der Waals surface area contributed by atoms with Crippen LogP contribution in [-0.4, -0.2) is 17.9 Å². The van der Waals surface area contributed by atoms with Gasteiger partial charge in [-0.15, -0.1) is 0 Å². The number of nitrogens with zero attached hydrogens (tertiary/aromatic N) is 1. The van der Waals surface area contributed by atoms with Crippen LogP contribution < -0.4 is 10.6 Å². The molecule has 0 saturated carbocycles. The van der Waals surface area contributed by atoms with Crippen molar-refractivity contribution in [1.82, 2.24) is 5.32 Å². The van der Waals surface area contributed by atoms with Gasteiger partial charge in [-0.25, -0.2) is 6.57 Å². The molecule has 5 heteroatoms. The van der Waals surface area contributed by atoms with Crippen LogP contribution in [0.5, 0.6) is 0 Å². The van der Waals surface area contributed by atoms with Gasteiger partial charge >= 0.3 is 11.9 Å². The van der Waals surface area contributed by atoms with Crippen LogP contribution in [0, 0.1) is 6.57 Å². The number of hydrogen-bond acceptors (Lipinski definition) is 2. The highest BCUT2D eigenvalue weighted by Gasteiger charge is 2.42. The summed E-state index contributed by atoms with van der Waals surface area (Å²) in [7, 11) is 0. The molecule has 1 heterocycles. The molecule has 1 aliphatic rings. The summed E-state index contributed by atoms with van der Waals surface area (Å²) in [5.74, 6) is -0.676. The van der Waals surface area contributed by atoms with E-state index in [0.29, 0.717) is 16.8 Å². The minimum absolute atomic E-state index is 0.248. The lowest BCUT2D eigenvalue weighted by Crippen LogP contribution is -2.36. The van der Waals surface area contributed by atoms with E-state index in [1.54, 1.807) is 48.5 Å². The summed E-state index contributed by atoms with van der Waals surface area (Å²) in [5, 5.41) is 5.43. The third-order valence-electron chi connectivity index (χ3n) is 3.59. The summed E-state index contributed by atoms with van der Waals surface area (Å²) in [5.41, 5.74) is 1.84. The molecule has 2 aromatic rings. The van der Waals surface area contributed by atoms with E-state index in [0.717, 1.165) is 0 Å². The summed E-state index contributed by atoms with van der Waals surface area (Å²) in [6.45, 7) is 7.34. The van der Waals surface area contributed by atoms with Crippen LogP contribution in [0.3, 0.4) is 0 Å². The quantitative estimate of drug-likeness (QED) is 0.853. The molecule has 2 atom stereocenters. The number of anilines is 1. The maximum absolute atomic E-state index is 12.4. The number of nitrogens with one attached hydrogen (secondary N) is 2. The van der Waals surface area contributed by atoms with E-state index in [2.05, 4.69) is 15.5 Å². The average Bonchev–Trinajstić information content (AvgIpc) is 2.87. The van der Waals surface area contributed by atoms with Crippen molar-refractivity contribution >= 4 is 17.5 Å². The van der Waals surface area contributed by atoms with E-state index >= 15 is 0 Å². The summed E-state index contributed by atoms with van der Waals surface area (Å²) >= 11 is 0. The molecular weight excluding hydrogens is 278 g/mol. The second kappa shape index (κ2) is 5.70. The van der Waals surface area contributed by atoms with Gasteiger partial charge in [-0.05, 0) is 23.8 Å². The highest BCUT2D eigenvalue weighted by molar-refractivity contribution is 6.02. The zero-order chi connectivity index (χ0) is 15.5. The fourth-order valence-corrected chi connectivity index (χ4v) is 2.54. The first-order valence-electron chi connectivity index (χ1n) is 6.83. The van der Waals surface area contributed by atoms with Gasteiger partial charge in [0, 0.05) is 11.3 Å². The van der Waals surface area contributed by atoms with Crippen molar-refractivity contribution in [3.05, 3.63) is 77.1 Å². The second-order valence-corrected chi connectivity index (χ2v) is 4.97. The Morgan fingerprint density at radius 2 is 1.82 bits per heavy atom. The molecule has 0 aliphatic carbocycles. The molecule has 0 aromatic heterocycles. The van der Waals surface area contributed by atoms with E-state index in [1.807, 2.05) is 6.07 Å². The molecule has 1 aliphatic heterocycles. The zero-order valence-corrected chi connectivity index (χ0v) is 11.6. The molecule has 2 N–H and O–H groups in total. The summed E-state index contributed by atoms with van der Waals surface area (Å²) in [4.78, 5) is 27.7. The molecular formula is C17H13N3O2. The van der Waals surface area contributed by atoms with Gasteiger partial charge in [0.2, 0.25) is 0 Å². The lowest BCUT2D eigenvalue weighted by Gasteiger charge is -2.14. The predicted octanol–water partition coefficient (Wildman–Crippen LogP) is 2.40. The Bertz CT molecular complexity index is 765. The topological polar surface area (TPSA) is 62.6 Å². The van der Waals surface area contributed by atoms with Gasteiger partial charge in [0.15, 0.2) is 0 Å².